The van der Waals surface area contributed by atoms with E-state index >= 15 is 0 Å². The summed E-state index contributed by atoms with van der Waals surface area (Å²) in [6, 6.07) is 6.77. The summed E-state index contributed by atoms with van der Waals surface area (Å²) in [5.41, 5.74) is 0.387. The number of nitrogens with zero attached hydrogens (tertiary/aromatic N) is 4. The van der Waals surface area contributed by atoms with Crippen molar-refractivity contribution < 1.29 is 13.2 Å². The molecule has 1 saturated heterocycles. The van der Waals surface area contributed by atoms with Crippen molar-refractivity contribution in [2.45, 2.75) is 61.8 Å². The minimum Gasteiger partial charge on any atom is -0.497 e. The summed E-state index contributed by atoms with van der Waals surface area (Å²) in [6.07, 6.45) is 8.67. The van der Waals surface area contributed by atoms with Gasteiger partial charge in [-0.3, -0.25) is 4.79 Å². The van der Waals surface area contributed by atoms with E-state index in [0.717, 1.165) is 32.1 Å². The first-order valence-corrected chi connectivity index (χ1v) is 13.0. The molecule has 0 spiro atoms. The Morgan fingerprint density at radius 2 is 1.94 bits per heavy atom. The fourth-order valence-electron chi connectivity index (χ4n) is 5.03. The van der Waals surface area contributed by atoms with E-state index in [9.17, 15) is 13.2 Å². The fraction of sp³-hybridized carbons (Fsp3) is 0.522. The SMILES string of the molecule is COc1cccc(S(=O)(=O)N2CCCC(c3nc4c(cnn4C4CCCCC4)c(=O)[nH]3)C2)c1. The molecule has 3 aromatic rings. The number of H-pyrrole nitrogens is 1. The van der Waals surface area contributed by atoms with E-state index in [2.05, 4.69) is 10.1 Å². The van der Waals surface area contributed by atoms with E-state index in [1.165, 1.54) is 23.9 Å². The lowest BCUT2D eigenvalue weighted by molar-refractivity contribution is 0.308. The van der Waals surface area contributed by atoms with Gasteiger partial charge in [-0.2, -0.15) is 9.40 Å². The van der Waals surface area contributed by atoms with Crippen LogP contribution in [0.3, 0.4) is 0 Å². The second-order valence-corrected chi connectivity index (χ2v) is 10.9. The average Bonchev–Trinajstić information content (AvgIpc) is 3.29. The quantitative estimate of drug-likeness (QED) is 0.612. The van der Waals surface area contributed by atoms with Crippen LogP contribution in [0.4, 0.5) is 0 Å². The Bertz CT molecular complexity index is 1310. The smallest absolute Gasteiger partial charge is 0.262 e. The molecule has 2 aromatic heterocycles. The zero-order valence-corrected chi connectivity index (χ0v) is 19.6. The lowest BCUT2D eigenvalue weighted by Crippen LogP contribution is -2.39. The topological polar surface area (TPSA) is 110 Å². The molecule has 1 saturated carbocycles. The summed E-state index contributed by atoms with van der Waals surface area (Å²) >= 11 is 0. The van der Waals surface area contributed by atoms with E-state index in [4.69, 9.17) is 9.72 Å². The van der Waals surface area contributed by atoms with Crippen LogP contribution in [0, 0.1) is 0 Å². The maximum atomic E-state index is 13.3. The van der Waals surface area contributed by atoms with Gasteiger partial charge in [-0.25, -0.2) is 18.1 Å². The molecule has 1 aliphatic carbocycles. The van der Waals surface area contributed by atoms with Crippen molar-refractivity contribution in [3.8, 4) is 5.75 Å². The molecular weight excluding hydrogens is 442 g/mol. The van der Waals surface area contributed by atoms with Crippen LogP contribution in [-0.4, -0.2) is 52.7 Å². The first-order valence-electron chi connectivity index (χ1n) is 11.6. The maximum absolute atomic E-state index is 13.3. The summed E-state index contributed by atoms with van der Waals surface area (Å²) in [6.45, 7) is 0.702. The highest BCUT2D eigenvalue weighted by Gasteiger charge is 2.33. The van der Waals surface area contributed by atoms with Crippen molar-refractivity contribution in [3.63, 3.8) is 0 Å². The van der Waals surface area contributed by atoms with Crippen molar-refractivity contribution in [3.05, 3.63) is 46.6 Å². The van der Waals surface area contributed by atoms with E-state index in [1.54, 1.807) is 24.4 Å². The molecule has 0 bridgehead atoms. The zero-order chi connectivity index (χ0) is 23.0. The van der Waals surface area contributed by atoms with Gasteiger partial charge in [0.2, 0.25) is 10.0 Å². The fourth-order valence-corrected chi connectivity index (χ4v) is 6.59. The lowest BCUT2D eigenvalue weighted by atomic mass is 9.96. The molecule has 1 aliphatic heterocycles. The van der Waals surface area contributed by atoms with Crippen molar-refractivity contribution in [1.29, 1.82) is 0 Å². The Kier molecular flexibility index (Phi) is 5.96. The number of ether oxygens (including phenoxy) is 1. The van der Waals surface area contributed by atoms with Gasteiger partial charge >= 0.3 is 0 Å². The first-order chi connectivity index (χ1) is 16.0. The molecular formula is C23H29N5O4S. The summed E-state index contributed by atoms with van der Waals surface area (Å²) < 4.78 is 35.2. The number of methoxy groups -OCH3 is 1. The number of sulfonamides is 1. The highest BCUT2D eigenvalue weighted by Crippen LogP contribution is 2.32. The van der Waals surface area contributed by atoms with Crippen LogP contribution in [0.1, 0.15) is 62.7 Å². The van der Waals surface area contributed by atoms with Gasteiger partial charge in [0.05, 0.1) is 24.2 Å². The number of fused-ring (bicyclic) bond motifs is 1. The van der Waals surface area contributed by atoms with Crippen LogP contribution in [0.5, 0.6) is 5.75 Å². The van der Waals surface area contributed by atoms with Crippen molar-refractivity contribution in [1.82, 2.24) is 24.1 Å². The second-order valence-electron chi connectivity index (χ2n) is 8.95. The van der Waals surface area contributed by atoms with Gasteiger partial charge < -0.3 is 9.72 Å². The third kappa shape index (κ3) is 4.17. The Hall–Kier alpha value is -2.72. The Balaban J connectivity index is 1.45. The van der Waals surface area contributed by atoms with Crippen molar-refractivity contribution in [2.24, 2.45) is 0 Å². The summed E-state index contributed by atoms with van der Waals surface area (Å²) in [5, 5.41) is 4.98. The van der Waals surface area contributed by atoms with Crippen LogP contribution in [-0.2, 0) is 10.0 Å². The van der Waals surface area contributed by atoms with Crippen LogP contribution < -0.4 is 10.3 Å². The van der Waals surface area contributed by atoms with Gasteiger partial charge in [0.1, 0.15) is 17.0 Å². The predicted octanol–water partition coefficient (Wildman–Crippen LogP) is 3.20. The molecule has 2 aliphatic rings. The summed E-state index contributed by atoms with van der Waals surface area (Å²) in [7, 11) is -2.17. The molecule has 33 heavy (non-hydrogen) atoms. The standard InChI is InChI=1S/C23H29N5O4S/c1-32-18-10-5-11-19(13-18)33(30,31)27-12-6-7-16(15-27)21-25-22-20(23(29)26-21)14-24-28(22)17-8-3-2-4-9-17/h5,10-11,13-14,16-17H,2-4,6-9,12,15H2,1H3,(H,25,26,29). The number of hydrogen-bond acceptors (Lipinski definition) is 6. The normalized spacial score (nSPS) is 20.8. The Labute approximate surface area is 192 Å². The number of aromatic nitrogens is 4. The number of piperidine rings is 1. The van der Waals surface area contributed by atoms with E-state index in [1.807, 2.05) is 4.68 Å². The summed E-state index contributed by atoms with van der Waals surface area (Å²) in [5.74, 6) is 0.846. The molecule has 1 atom stereocenters. The zero-order valence-electron chi connectivity index (χ0n) is 18.7. The van der Waals surface area contributed by atoms with Gasteiger partial charge in [-0.05, 0) is 37.8 Å². The number of benzene rings is 1. The molecule has 9 nitrogen and oxygen atoms in total. The second kappa shape index (κ2) is 8.90. The van der Waals surface area contributed by atoms with Gasteiger partial charge in [0, 0.05) is 25.1 Å². The number of nitrogens with one attached hydrogen (secondary N) is 1. The number of rotatable bonds is 5. The number of aromatic amines is 1. The largest absolute Gasteiger partial charge is 0.497 e. The third-order valence-corrected chi connectivity index (χ3v) is 8.71. The van der Waals surface area contributed by atoms with Crippen LogP contribution in [0.25, 0.3) is 11.0 Å². The minimum atomic E-state index is -3.69. The molecule has 2 fully saturated rings. The molecule has 176 valence electrons. The molecule has 1 N–H and O–H groups in total. The Morgan fingerprint density at radius 3 is 2.73 bits per heavy atom. The van der Waals surface area contributed by atoms with Crippen LogP contribution >= 0.6 is 0 Å². The molecule has 10 heteroatoms. The summed E-state index contributed by atoms with van der Waals surface area (Å²) in [4.78, 5) is 20.7. The Morgan fingerprint density at radius 1 is 1.12 bits per heavy atom. The molecule has 0 radical (unpaired) electrons. The highest BCUT2D eigenvalue weighted by atomic mass is 32.2. The third-order valence-electron chi connectivity index (χ3n) is 6.85. The molecule has 1 aromatic carbocycles. The maximum Gasteiger partial charge on any atom is 0.262 e. The first kappa shape index (κ1) is 22.1. The van der Waals surface area contributed by atoms with Gasteiger partial charge in [0.15, 0.2) is 5.65 Å². The molecule has 3 heterocycles. The van der Waals surface area contributed by atoms with Gasteiger partial charge in [-0.15, -0.1) is 0 Å². The van der Waals surface area contributed by atoms with Gasteiger partial charge in [0.25, 0.3) is 5.56 Å². The highest BCUT2D eigenvalue weighted by molar-refractivity contribution is 7.89. The number of hydrogen-bond donors (Lipinski definition) is 1. The van der Waals surface area contributed by atoms with E-state index < -0.39 is 10.0 Å². The van der Waals surface area contributed by atoms with E-state index in [0.29, 0.717) is 35.6 Å². The average molecular weight is 472 g/mol. The van der Waals surface area contributed by atoms with Crippen molar-refractivity contribution in [2.75, 3.05) is 20.2 Å². The minimum absolute atomic E-state index is 0.189. The molecule has 0 amide bonds. The molecule has 1 unspecified atom stereocenters. The van der Waals surface area contributed by atoms with Gasteiger partial charge in [-0.1, -0.05) is 25.3 Å². The predicted molar refractivity (Wildman–Crippen MR) is 124 cm³/mol. The van der Waals surface area contributed by atoms with Crippen LogP contribution in [0.15, 0.2) is 40.2 Å². The monoisotopic (exact) mass is 471 g/mol. The lowest BCUT2D eigenvalue weighted by Gasteiger charge is -2.31. The molecule has 5 rings (SSSR count). The van der Waals surface area contributed by atoms with Crippen molar-refractivity contribution >= 4 is 21.1 Å². The van der Waals surface area contributed by atoms with E-state index in [-0.39, 0.29) is 29.0 Å². The van der Waals surface area contributed by atoms with Crippen LogP contribution in [0.2, 0.25) is 0 Å².